The molecule has 22 heavy (non-hydrogen) atoms. The number of carboxylic acid groups (broad SMARTS) is 1. The van der Waals surface area contributed by atoms with Crippen molar-refractivity contribution in [3.8, 4) is 0 Å². The number of fused-ring (bicyclic) bond motifs is 1. The molecule has 6 heteroatoms. The maximum absolute atomic E-state index is 12.7. The number of rotatable bonds is 2. The first-order chi connectivity index (χ1) is 10.3. The van der Waals surface area contributed by atoms with E-state index in [1.165, 1.54) is 0 Å². The number of carbonyl (C=O) groups is 2. The van der Waals surface area contributed by atoms with Crippen LogP contribution in [0.3, 0.4) is 0 Å². The Hall–Kier alpha value is -2.11. The predicted molar refractivity (Wildman–Crippen MR) is 79.9 cm³/mol. The highest BCUT2D eigenvalue weighted by Crippen LogP contribution is 2.49. The van der Waals surface area contributed by atoms with Gasteiger partial charge in [-0.25, -0.2) is 0 Å². The van der Waals surface area contributed by atoms with Crippen LogP contribution in [-0.4, -0.2) is 40.0 Å². The Labute approximate surface area is 128 Å². The van der Waals surface area contributed by atoms with Crippen LogP contribution in [0.1, 0.15) is 40.9 Å². The number of carboxylic acids is 1. The Kier molecular flexibility index (Phi) is 3.34. The van der Waals surface area contributed by atoms with Gasteiger partial charge < -0.3 is 15.0 Å². The molecule has 1 saturated carbocycles. The average molecular weight is 304 g/mol. The molecule has 0 bridgehead atoms. The van der Waals surface area contributed by atoms with Gasteiger partial charge in [0, 0.05) is 18.8 Å². The van der Waals surface area contributed by atoms with Gasteiger partial charge in [-0.2, -0.15) is 0 Å². The fraction of sp³-hybridized carbons (Fsp3) is 0.562. The summed E-state index contributed by atoms with van der Waals surface area (Å²) in [5.41, 5.74) is 0.253. The van der Waals surface area contributed by atoms with Crippen molar-refractivity contribution in [1.82, 2.24) is 9.88 Å². The molecular weight excluding hydrogens is 284 g/mol. The molecule has 2 fully saturated rings. The molecular formula is C16H20N2O4. The second-order valence-electron chi connectivity index (χ2n) is 6.58. The molecule has 6 nitrogen and oxygen atoms in total. The van der Waals surface area contributed by atoms with Crippen molar-refractivity contribution in [2.24, 2.45) is 11.3 Å². The van der Waals surface area contributed by atoms with Gasteiger partial charge in [-0.1, -0.05) is 6.42 Å². The first kappa shape index (κ1) is 14.8. The van der Waals surface area contributed by atoms with Gasteiger partial charge >= 0.3 is 5.97 Å². The summed E-state index contributed by atoms with van der Waals surface area (Å²) in [6.07, 6.45) is 2.34. The standard InChI is InChI=1S/C16H20N2O4/c1-9-6-10(2)17-13(19)12(9)14(20)18-7-11-4-3-5-16(11,8-18)15(21)22/h6,11H,3-5,7-8H2,1-2H3,(H,17,19)(H,21,22)/t11-,16+/m0/s1. The first-order valence-electron chi connectivity index (χ1n) is 7.58. The molecule has 118 valence electrons. The van der Waals surface area contributed by atoms with Crippen LogP contribution in [0.2, 0.25) is 0 Å². The number of pyridine rings is 1. The number of amides is 1. The summed E-state index contributed by atoms with van der Waals surface area (Å²) in [6, 6.07) is 1.76. The largest absolute Gasteiger partial charge is 0.481 e. The third kappa shape index (κ3) is 2.05. The van der Waals surface area contributed by atoms with E-state index in [4.69, 9.17) is 0 Å². The number of H-pyrrole nitrogens is 1. The monoisotopic (exact) mass is 304 g/mol. The Bertz CT molecular complexity index is 709. The Morgan fingerprint density at radius 3 is 2.73 bits per heavy atom. The molecule has 1 aliphatic carbocycles. The Morgan fingerprint density at radius 1 is 1.41 bits per heavy atom. The minimum Gasteiger partial charge on any atom is -0.481 e. The fourth-order valence-electron chi connectivity index (χ4n) is 4.07. The second-order valence-corrected chi connectivity index (χ2v) is 6.58. The lowest BCUT2D eigenvalue weighted by atomic mass is 9.81. The molecule has 1 aromatic rings. The first-order valence-corrected chi connectivity index (χ1v) is 7.58. The summed E-state index contributed by atoms with van der Waals surface area (Å²) in [5.74, 6) is -1.17. The Morgan fingerprint density at radius 2 is 2.14 bits per heavy atom. The predicted octanol–water partition coefficient (Wildman–Crippen LogP) is 1.32. The van der Waals surface area contributed by atoms with E-state index in [9.17, 15) is 19.5 Å². The van der Waals surface area contributed by atoms with Crippen molar-refractivity contribution in [2.45, 2.75) is 33.1 Å². The minimum atomic E-state index is -0.820. The normalized spacial score (nSPS) is 27.0. The van der Waals surface area contributed by atoms with E-state index in [0.717, 1.165) is 12.8 Å². The second kappa shape index (κ2) is 4.97. The number of hydrogen-bond acceptors (Lipinski definition) is 3. The third-order valence-corrected chi connectivity index (χ3v) is 5.16. The lowest BCUT2D eigenvalue weighted by molar-refractivity contribution is -0.149. The summed E-state index contributed by atoms with van der Waals surface area (Å²) in [7, 11) is 0. The number of aliphatic carboxylic acids is 1. The fourth-order valence-corrected chi connectivity index (χ4v) is 4.07. The Balaban J connectivity index is 1.93. The highest BCUT2D eigenvalue weighted by Gasteiger charge is 2.56. The van der Waals surface area contributed by atoms with Crippen LogP contribution in [0.4, 0.5) is 0 Å². The van der Waals surface area contributed by atoms with Gasteiger partial charge in [0.25, 0.3) is 11.5 Å². The van der Waals surface area contributed by atoms with Gasteiger partial charge in [-0.15, -0.1) is 0 Å². The van der Waals surface area contributed by atoms with E-state index in [0.29, 0.717) is 24.2 Å². The van der Waals surface area contributed by atoms with E-state index in [2.05, 4.69) is 4.98 Å². The molecule has 0 aromatic carbocycles. The number of nitrogens with one attached hydrogen (secondary N) is 1. The number of aromatic amines is 1. The molecule has 1 saturated heterocycles. The van der Waals surface area contributed by atoms with Crippen molar-refractivity contribution in [2.75, 3.05) is 13.1 Å². The average Bonchev–Trinajstić information content (AvgIpc) is 2.94. The van der Waals surface area contributed by atoms with E-state index in [1.807, 2.05) is 0 Å². The molecule has 2 N–H and O–H groups in total. The van der Waals surface area contributed by atoms with E-state index in [-0.39, 0.29) is 23.9 Å². The molecule has 2 atom stereocenters. The van der Waals surface area contributed by atoms with Crippen LogP contribution in [0, 0.1) is 25.2 Å². The van der Waals surface area contributed by atoms with E-state index >= 15 is 0 Å². The molecule has 1 aliphatic heterocycles. The van der Waals surface area contributed by atoms with Crippen LogP contribution in [0.15, 0.2) is 10.9 Å². The number of carbonyl (C=O) groups excluding carboxylic acids is 1. The lowest BCUT2D eigenvalue weighted by Crippen LogP contribution is -2.39. The molecule has 2 aliphatic rings. The summed E-state index contributed by atoms with van der Waals surface area (Å²) in [6.45, 7) is 4.14. The zero-order valence-corrected chi connectivity index (χ0v) is 12.8. The van der Waals surface area contributed by atoms with E-state index < -0.39 is 16.9 Å². The SMILES string of the molecule is Cc1cc(C)c(C(=O)N2C[C@@H]3CCC[C@@]3(C(=O)O)C2)c(=O)[nH]1. The number of aromatic nitrogens is 1. The van der Waals surface area contributed by atoms with Crippen LogP contribution < -0.4 is 5.56 Å². The summed E-state index contributed by atoms with van der Waals surface area (Å²) in [4.78, 5) is 40.7. The van der Waals surface area contributed by atoms with Crippen LogP contribution in [0.25, 0.3) is 0 Å². The van der Waals surface area contributed by atoms with Gasteiger partial charge in [0.15, 0.2) is 0 Å². The van der Waals surface area contributed by atoms with Crippen LogP contribution in [0.5, 0.6) is 0 Å². The van der Waals surface area contributed by atoms with Gasteiger partial charge in [0.1, 0.15) is 5.56 Å². The van der Waals surface area contributed by atoms with Crippen molar-refractivity contribution in [3.63, 3.8) is 0 Å². The van der Waals surface area contributed by atoms with Crippen molar-refractivity contribution >= 4 is 11.9 Å². The van der Waals surface area contributed by atoms with Crippen LogP contribution >= 0.6 is 0 Å². The molecule has 0 spiro atoms. The molecule has 3 rings (SSSR count). The molecule has 1 aromatic heterocycles. The molecule has 0 radical (unpaired) electrons. The number of likely N-dealkylation sites (tertiary alicyclic amines) is 1. The lowest BCUT2D eigenvalue weighted by Gasteiger charge is -2.23. The maximum atomic E-state index is 12.7. The third-order valence-electron chi connectivity index (χ3n) is 5.16. The highest BCUT2D eigenvalue weighted by atomic mass is 16.4. The van der Waals surface area contributed by atoms with Crippen molar-refractivity contribution in [1.29, 1.82) is 0 Å². The number of hydrogen-bond donors (Lipinski definition) is 2. The zero-order chi connectivity index (χ0) is 16.1. The van der Waals surface area contributed by atoms with Crippen molar-refractivity contribution < 1.29 is 14.7 Å². The molecule has 1 amide bonds. The topological polar surface area (TPSA) is 90.5 Å². The maximum Gasteiger partial charge on any atom is 0.311 e. The summed E-state index contributed by atoms with van der Waals surface area (Å²) in [5, 5.41) is 9.58. The zero-order valence-electron chi connectivity index (χ0n) is 12.8. The van der Waals surface area contributed by atoms with Gasteiger partial charge in [0.05, 0.1) is 5.41 Å². The minimum absolute atomic E-state index is 0.00112. The summed E-state index contributed by atoms with van der Waals surface area (Å²) < 4.78 is 0. The van der Waals surface area contributed by atoms with E-state index in [1.54, 1.807) is 24.8 Å². The quantitative estimate of drug-likeness (QED) is 0.862. The van der Waals surface area contributed by atoms with Crippen molar-refractivity contribution in [3.05, 3.63) is 33.2 Å². The molecule has 0 unspecified atom stereocenters. The van der Waals surface area contributed by atoms with Gasteiger partial charge in [-0.3, -0.25) is 14.4 Å². The highest BCUT2D eigenvalue weighted by molar-refractivity contribution is 5.96. The van der Waals surface area contributed by atoms with Gasteiger partial charge in [-0.05, 0) is 44.2 Å². The van der Waals surface area contributed by atoms with Gasteiger partial charge in [0.2, 0.25) is 0 Å². The number of aryl methyl sites for hydroxylation is 2. The summed E-state index contributed by atoms with van der Waals surface area (Å²) >= 11 is 0. The number of nitrogens with zero attached hydrogens (tertiary/aromatic N) is 1. The smallest absolute Gasteiger partial charge is 0.311 e. The van der Waals surface area contributed by atoms with Crippen LogP contribution in [-0.2, 0) is 4.79 Å². The molecule has 2 heterocycles.